The third-order valence-electron chi connectivity index (χ3n) is 3.97. The summed E-state index contributed by atoms with van der Waals surface area (Å²) in [6.45, 7) is 2.47. The van der Waals surface area contributed by atoms with E-state index >= 15 is 0 Å². The largest absolute Gasteiger partial charge is 0.462 e. The monoisotopic (exact) mass is 449 g/mol. The fraction of sp³-hybridized carbons (Fsp3) is 0.263. The molecule has 0 spiro atoms. The molecule has 2 aromatic rings. The van der Waals surface area contributed by atoms with Crippen LogP contribution in [0.2, 0.25) is 0 Å². The van der Waals surface area contributed by atoms with Crippen LogP contribution in [0.25, 0.3) is 0 Å². The van der Waals surface area contributed by atoms with Crippen LogP contribution in [0.5, 0.6) is 0 Å². The van der Waals surface area contributed by atoms with Crippen molar-refractivity contribution in [1.82, 2.24) is 5.32 Å². The number of amides is 2. The van der Waals surface area contributed by atoms with E-state index in [0.717, 1.165) is 17.4 Å². The number of nitrogens with zero attached hydrogens (tertiary/aromatic N) is 1. The van der Waals surface area contributed by atoms with Crippen LogP contribution in [0.4, 0.5) is 10.7 Å². The molecule has 11 nitrogen and oxygen atoms in total. The van der Waals surface area contributed by atoms with Crippen molar-refractivity contribution >= 4 is 45.8 Å². The molecule has 0 saturated heterocycles. The molecule has 1 aromatic heterocycles. The number of thiophene rings is 1. The predicted octanol–water partition coefficient (Wildman–Crippen LogP) is 2.30. The van der Waals surface area contributed by atoms with Gasteiger partial charge in [0.2, 0.25) is 0 Å². The lowest BCUT2D eigenvalue weighted by Crippen LogP contribution is -2.22. The van der Waals surface area contributed by atoms with E-state index in [4.69, 9.17) is 9.47 Å². The second-order valence-electron chi connectivity index (χ2n) is 5.96. The van der Waals surface area contributed by atoms with Crippen molar-refractivity contribution in [3.63, 3.8) is 0 Å². The first-order valence-corrected chi connectivity index (χ1v) is 9.75. The molecule has 0 radical (unpaired) electrons. The number of carbonyl (C=O) groups is 4. The lowest BCUT2D eigenvalue weighted by atomic mass is 10.1. The van der Waals surface area contributed by atoms with Crippen LogP contribution < -0.4 is 10.6 Å². The highest BCUT2D eigenvalue weighted by molar-refractivity contribution is 7.18. The number of benzene rings is 1. The van der Waals surface area contributed by atoms with Gasteiger partial charge in [-0.15, -0.1) is 11.3 Å². The summed E-state index contributed by atoms with van der Waals surface area (Å²) in [5.41, 5.74) is -0.415. The number of carbonyl (C=O) groups excluding carboxylic acids is 4. The Balaban J connectivity index is 2.18. The van der Waals surface area contributed by atoms with Gasteiger partial charge in [-0.25, -0.2) is 9.59 Å². The van der Waals surface area contributed by atoms with Crippen molar-refractivity contribution in [3.05, 3.63) is 55.9 Å². The van der Waals surface area contributed by atoms with Gasteiger partial charge in [0, 0.05) is 13.1 Å². The van der Waals surface area contributed by atoms with E-state index < -0.39 is 41.0 Å². The second-order valence-corrected chi connectivity index (χ2v) is 6.98. The van der Waals surface area contributed by atoms with Crippen LogP contribution in [-0.4, -0.2) is 48.9 Å². The Hall–Kier alpha value is -3.80. The number of para-hydroxylation sites is 1. The van der Waals surface area contributed by atoms with Gasteiger partial charge in [0.1, 0.15) is 10.6 Å². The Morgan fingerprint density at radius 3 is 2.42 bits per heavy atom. The van der Waals surface area contributed by atoms with Crippen LogP contribution in [0, 0.1) is 17.0 Å². The zero-order valence-electron chi connectivity index (χ0n) is 16.8. The number of nitrogens with one attached hydrogen (secondary N) is 2. The Bertz CT molecular complexity index is 1050. The molecule has 0 atom stereocenters. The topological polar surface area (TPSA) is 154 Å². The predicted molar refractivity (Wildman–Crippen MR) is 110 cm³/mol. The van der Waals surface area contributed by atoms with Gasteiger partial charge in [0.15, 0.2) is 6.61 Å². The first-order chi connectivity index (χ1) is 14.7. The molecule has 0 fully saturated rings. The van der Waals surface area contributed by atoms with Crippen molar-refractivity contribution in [3.8, 4) is 0 Å². The van der Waals surface area contributed by atoms with Crippen LogP contribution >= 0.6 is 11.3 Å². The normalized spacial score (nSPS) is 10.2. The van der Waals surface area contributed by atoms with Crippen LogP contribution in [0.15, 0.2) is 24.3 Å². The Labute approximate surface area is 180 Å². The zero-order chi connectivity index (χ0) is 23.1. The second kappa shape index (κ2) is 10.3. The minimum atomic E-state index is -1.05. The SMILES string of the molecule is CCOC(=O)c1c(NC(=O)COC(=O)c2ccccc2[N+](=O)[O-])sc(C(=O)NC)c1C. The van der Waals surface area contributed by atoms with Gasteiger partial charge in [-0.1, -0.05) is 12.1 Å². The van der Waals surface area contributed by atoms with Gasteiger partial charge in [-0.3, -0.25) is 19.7 Å². The first kappa shape index (κ1) is 23.5. The highest BCUT2D eigenvalue weighted by Gasteiger charge is 2.27. The fourth-order valence-electron chi connectivity index (χ4n) is 2.56. The molecular formula is C19H19N3O8S. The molecule has 2 N–H and O–H groups in total. The molecule has 12 heteroatoms. The number of esters is 2. The first-order valence-electron chi connectivity index (χ1n) is 8.94. The molecule has 2 rings (SSSR count). The highest BCUT2D eigenvalue weighted by Crippen LogP contribution is 2.33. The molecule has 31 heavy (non-hydrogen) atoms. The summed E-state index contributed by atoms with van der Waals surface area (Å²) in [5, 5.41) is 15.9. The molecule has 0 saturated carbocycles. The third kappa shape index (κ3) is 5.42. The van der Waals surface area contributed by atoms with E-state index in [9.17, 15) is 29.3 Å². The molecule has 0 bridgehead atoms. The fourth-order valence-corrected chi connectivity index (χ4v) is 3.72. The van der Waals surface area contributed by atoms with Gasteiger partial charge in [-0.05, 0) is 25.5 Å². The molecule has 0 aliphatic heterocycles. The minimum Gasteiger partial charge on any atom is -0.462 e. The number of hydrogen-bond acceptors (Lipinski definition) is 9. The van der Waals surface area contributed by atoms with Crippen molar-refractivity contribution in [1.29, 1.82) is 0 Å². The van der Waals surface area contributed by atoms with Crippen molar-refractivity contribution in [2.75, 3.05) is 25.6 Å². The standard InChI is InChI=1S/C19H19N3O8S/c1-4-29-19(26)14-10(2)15(16(24)20-3)31-17(14)21-13(23)9-30-18(25)11-7-5-6-8-12(11)22(27)28/h5-8H,4,9H2,1-3H3,(H,20,24)(H,21,23). The summed E-state index contributed by atoms with van der Waals surface area (Å²) in [4.78, 5) is 59.3. The van der Waals surface area contributed by atoms with E-state index in [2.05, 4.69) is 10.6 Å². The minimum absolute atomic E-state index is 0.0174. The summed E-state index contributed by atoms with van der Waals surface area (Å²) in [5.74, 6) is -3.03. The number of rotatable bonds is 8. The average molecular weight is 449 g/mol. The Morgan fingerprint density at radius 2 is 1.81 bits per heavy atom. The molecule has 164 valence electrons. The Morgan fingerprint density at radius 1 is 1.13 bits per heavy atom. The maximum Gasteiger partial charge on any atom is 0.345 e. The molecule has 1 heterocycles. The Kier molecular flexibility index (Phi) is 7.80. The molecule has 1 aromatic carbocycles. The summed E-state index contributed by atoms with van der Waals surface area (Å²) >= 11 is 0.864. The quantitative estimate of drug-likeness (QED) is 0.353. The van der Waals surface area contributed by atoms with E-state index in [1.807, 2.05) is 0 Å². The molecule has 0 aliphatic rings. The lowest BCUT2D eigenvalue weighted by Gasteiger charge is -2.08. The number of nitro benzene ring substituents is 1. The van der Waals surface area contributed by atoms with E-state index in [1.165, 1.54) is 32.2 Å². The van der Waals surface area contributed by atoms with Gasteiger partial charge in [-0.2, -0.15) is 0 Å². The number of nitro groups is 1. The molecular weight excluding hydrogens is 430 g/mol. The van der Waals surface area contributed by atoms with Crippen molar-refractivity contribution in [2.45, 2.75) is 13.8 Å². The van der Waals surface area contributed by atoms with Gasteiger partial charge in [0.25, 0.3) is 17.5 Å². The van der Waals surface area contributed by atoms with Crippen LogP contribution in [0.1, 0.15) is 42.9 Å². The summed E-state index contributed by atoms with van der Waals surface area (Å²) < 4.78 is 9.85. The smallest absolute Gasteiger partial charge is 0.345 e. The van der Waals surface area contributed by atoms with E-state index in [1.54, 1.807) is 6.92 Å². The number of ether oxygens (including phenoxy) is 2. The van der Waals surface area contributed by atoms with Gasteiger partial charge < -0.3 is 20.1 Å². The highest BCUT2D eigenvalue weighted by atomic mass is 32.1. The number of anilines is 1. The van der Waals surface area contributed by atoms with Crippen LogP contribution in [0.3, 0.4) is 0 Å². The summed E-state index contributed by atoms with van der Waals surface area (Å²) in [7, 11) is 1.42. The molecule has 2 amide bonds. The molecule has 0 unspecified atom stereocenters. The van der Waals surface area contributed by atoms with Crippen LogP contribution in [-0.2, 0) is 14.3 Å². The van der Waals surface area contributed by atoms with Gasteiger partial charge >= 0.3 is 11.9 Å². The summed E-state index contributed by atoms with van der Waals surface area (Å²) in [6.07, 6.45) is 0. The van der Waals surface area contributed by atoms with E-state index in [-0.39, 0.29) is 27.6 Å². The van der Waals surface area contributed by atoms with Gasteiger partial charge in [0.05, 0.1) is 22.0 Å². The third-order valence-corrected chi connectivity index (χ3v) is 5.17. The maximum absolute atomic E-state index is 12.3. The van der Waals surface area contributed by atoms with E-state index in [0.29, 0.717) is 5.56 Å². The zero-order valence-corrected chi connectivity index (χ0v) is 17.7. The molecule has 0 aliphatic carbocycles. The lowest BCUT2D eigenvalue weighted by molar-refractivity contribution is -0.385. The summed E-state index contributed by atoms with van der Waals surface area (Å²) in [6, 6.07) is 5.15. The van der Waals surface area contributed by atoms with Crippen molar-refractivity contribution < 1.29 is 33.6 Å². The maximum atomic E-state index is 12.3. The van der Waals surface area contributed by atoms with Crippen molar-refractivity contribution in [2.24, 2.45) is 0 Å². The number of hydrogen-bond donors (Lipinski definition) is 2. The average Bonchev–Trinajstić information content (AvgIpc) is 3.07.